The molecule has 0 aliphatic rings. The Hall–Kier alpha value is -1.26. The van der Waals surface area contributed by atoms with Crippen LogP contribution in [-0.2, 0) is 0 Å². The van der Waals surface area contributed by atoms with E-state index in [0.29, 0.717) is 4.47 Å². The van der Waals surface area contributed by atoms with Crippen molar-refractivity contribution in [1.82, 2.24) is 5.32 Å². The standard InChI is InChI=1S/C17H18BrF2N/c1-3-7-21-17(12-8-11(2)9-13(19)10-12)14-5-4-6-15(20)16(14)18/h4-6,8-10,17,21H,3,7H2,1-2H3. The number of aryl methyl sites for hydroxylation is 1. The van der Waals surface area contributed by atoms with Crippen LogP contribution >= 0.6 is 15.9 Å². The summed E-state index contributed by atoms with van der Waals surface area (Å²) in [5.74, 6) is -0.593. The molecule has 2 aromatic rings. The van der Waals surface area contributed by atoms with Gasteiger partial charge in [-0.3, -0.25) is 0 Å². The fourth-order valence-electron chi connectivity index (χ4n) is 2.37. The van der Waals surface area contributed by atoms with Gasteiger partial charge in [-0.25, -0.2) is 8.78 Å². The highest BCUT2D eigenvalue weighted by atomic mass is 79.9. The van der Waals surface area contributed by atoms with Gasteiger partial charge in [-0.2, -0.15) is 0 Å². The fourth-order valence-corrected chi connectivity index (χ4v) is 2.86. The Labute approximate surface area is 132 Å². The zero-order valence-corrected chi connectivity index (χ0v) is 13.7. The Bertz CT molecular complexity index is 608. The highest BCUT2D eigenvalue weighted by Gasteiger charge is 2.19. The Morgan fingerprint density at radius 2 is 1.95 bits per heavy atom. The molecule has 0 amide bonds. The number of benzene rings is 2. The van der Waals surface area contributed by atoms with Crippen molar-refractivity contribution in [3.8, 4) is 0 Å². The van der Waals surface area contributed by atoms with Crippen LogP contribution < -0.4 is 5.32 Å². The third kappa shape index (κ3) is 3.89. The number of hydrogen-bond donors (Lipinski definition) is 1. The second-order valence-corrected chi connectivity index (χ2v) is 5.89. The molecule has 4 heteroatoms. The summed E-state index contributed by atoms with van der Waals surface area (Å²) in [6.07, 6.45) is 0.942. The van der Waals surface area contributed by atoms with Crippen LogP contribution in [0.3, 0.4) is 0 Å². The average Bonchev–Trinajstić information content (AvgIpc) is 2.42. The van der Waals surface area contributed by atoms with E-state index in [4.69, 9.17) is 0 Å². The molecule has 1 unspecified atom stereocenters. The summed E-state index contributed by atoms with van der Waals surface area (Å²) >= 11 is 3.30. The number of nitrogens with one attached hydrogen (secondary N) is 1. The quantitative estimate of drug-likeness (QED) is 0.785. The van der Waals surface area contributed by atoms with E-state index in [0.717, 1.165) is 29.7 Å². The summed E-state index contributed by atoms with van der Waals surface area (Å²) < 4.78 is 27.9. The Balaban J connectivity index is 2.49. The molecule has 0 aliphatic heterocycles. The van der Waals surface area contributed by atoms with Crippen LogP contribution in [0.4, 0.5) is 8.78 Å². The minimum Gasteiger partial charge on any atom is -0.306 e. The van der Waals surface area contributed by atoms with Crippen LogP contribution in [0.2, 0.25) is 0 Å². The van der Waals surface area contributed by atoms with Gasteiger partial charge in [-0.1, -0.05) is 25.1 Å². The van der Waals surface area contributed by atoms with Crippen molar-refractivity contribution >= 4 is 15.9 Å². The Kier molecular flexibility index (Phi) is 5.48. The first-order valence-electron chi connectivity index (χ1n) is 6.97. The third-order valence-corrected chi connectivity index (χ3v) is 4.13. The molecule has 112 valence electrons. The van der Waals surface area contributed by atoms with Gasteiger partial charge in [0.25, 0.3) is 0 Å². The normalized spacial score (nSPS) is 12.4. The molecule has 0 radical (unpaired) electrons. The lowest BCUT2D eigenvalue weighted by atomic mass is 9.97. The smallest absolute Gasteiger partial charge is 0.137 e. The van der Waals surface area contributed by atoms with Crippen molar-refractivity contribution in [3.63, 3.8) is 0 Å². The van der Waals surface area contributed by atoms with Crippen LogP contribution in [0, 0.1) is 18.6 Å². The van der Waals surface area contributed by atoms with Crippen LogP contribution in [0.1, 0.15) is 36.1 Å². The SMILES string of the molecule is CCCNC(c1cc(C)cc(F)c1)c1cccc(F)c1Br. The maximum atomic E-state index is 13.8. The van der Waals surface area contributed by atoms with E-state index in [9.17, 15) is 8.78 Å². The van der Waals surface area contributed by atoms with Gasteiger partial charge in [0.2, 0.25) is 0 Å². The number of rotatable bonds is 5. The molecule has 0 aromatic heterocycles. The molecule has 0 heterocycles. The lowest BCUT2D eigenvalue weighted by Gasteiger charge is -2.21. The summed E-state index contributed by atoms with van der Waals surface area (Å²) in [5.41, 5.74) is 2.42. The molecule has 0 fully saturated rings. The zero-order chi connectivity index (χ0) is 15.4. The predicted octanol–water partition coefficient (Wildman–Crippen LogP) is 5.12. The van der Waals surface area contributed by atoms with E-state index in [2.05, 4.69) is 28.2 Å². The second kappa shape index (κ2) is 7.14. The minimum atomic E-state index is -0.316. The minimum absolute atomic E-state index is 0.246. The molecule has 1 atom stereocenters. The van der Waals surface area contributed by atoms with Crippen LogP contribution in [0.15, 0.2) is 40.9 Å². The Morgan fingerprint density at radius 3 is 2.62 bits per heavy atom. The molecule has 0 saturated heterocycles. The average molecular weight is 354 g/mol. The summed E-state index contributed by atoms with van der Waals surface area (Å²) in [6, 6.07) is 9.58. The maximum Gasteiger partial charge on any atom is 0.137 e. The van der Waals surface area contributed by atoms with E-state index in [1.165, 1.54) is 18.2 Å². The van der Waals surface area contributed by atoms with Gasteiger partial charge in [-0.15, -0.1) is 0 Å². The van der Waals surface area contributed by atoms with Crippen molar-refractivity contribution in [2.75, 3.05) is 6.54 Å². The van der Waals surface area contributed by atoms with Gasteiger partial charge >= 0.3 is 0 Å². The first kappa shape index (κ1) is 16.1. The first-order chi connectivity index (χ1) is 10.0. The zero-order valence-electron chi connectivity index (χ0n) is 12.1. The van der Waals surface area contributed by atoms with Crippen molar-refractivity contribution in [2.45, 2.75) is 26.3 Å². The van der Waals surface area contributed by atoms with Crippen LogP contribution in [0.5, 0.6) is 0 Å². The molecule has 0 spiro atoms. The summed E-state index contributed by atoms with van der Waals surface area (Å²) in [4.78, 5) is 0. The topological polar surface area (TPSA) is 12.0 Å². The lowest BCUT2D eigenvalue weighted by Crippen LogP contribution is -2.24. The van der Waals surface area contributed by atoms with Crippen molar-refractivity contribution in [1.29, 1.82) is 0 Å². The van der Waals surface area contributed by atoms with E-state index < -0.39 is 0 Å². The van der Waals surface area contributed by atoms with E-state index in [-0.39, 0.29) is 17.7 Å². The monoisotopic (exact) mass is 353 g/mol. The maximum absolute atomic E-state index is 13.8. The van der Waals surface area contributed by atoms with Crippen LogP contribution in [0.25, 0.3) is 0 Å². The van der Waals surface area contributed by atoms with Crippen molar-refractivity contribution in [2.24, 2.45) is 0 Å². The van der Waals surface area contributed by atoms with E-state index >= 15 is 0 Å². The van der Waals surface area contributed by atoms with Gasteiger partial charge in [0, 0.05) is 0 Å². The van der Waals surface area contributed by atoms with Gasteiger partial charge in [-0.05, 0) is 70.7 Å². The molecular weight excluding hydrogens is 336 g/mol. The van der Waals surface area contributed by atoms with Gasteiger partial charge < -0.3 is 5.32 Å². The van der Waals surface area contributed by atoms with Gasteiger partial charge in [0.05, 0.1) is 10.5 Å². The molecule has 0 bridgehead atoms. The lowest BCUT2D eigenvalue weighted by molar-refractivity contribution is 0.572. The predicted molar refractivity (Wildman–Crippen MR) is 85.4 cm³/mol. The molecule has 21 heavy (non-hydrogen) atoms. The molecule has 1 nitrogen and oxygen atoms in total. The largest absolute Gasteiger partial charge is 0.306 e. The molecule has 1 N–H and O–H groups in total. The fraction of sp³-hybridized carbons (Fsp3) is 0.294. The Morgan fingerprint density at radius 1 is 1.19 bits per heavy atom. The van der Waals surface area contributed by atoms with E-state index in [1.807, 2.05) is 19.1 Å². The second-order valence-electron chi connectivity index (χ2n) is 5.09. The summed E-state index contributed by atoms with van der Waals surface area (Å²) in [7, 11) is 0. The van der Waals surface area contributed by atoms with Gasteiger partial charge in [0.15, 0.2) is 0 Å². The van der Waals surface area contributed by atoms with Gasteiger partial charge in [0.1, 0.15) is 11.6 Å². The molecule has 0 aliphatic carbocycles. The molecule has 2 aromatic carbocycles. The summed E-state index contributed by atoms with van der Waals surface area (Å²) in [5, 5.41) is 3.36. The van der Waals surface area contributed by atoms with Crippen molar-refractivity contribution < 1.29 is 8.78 Å². The van der Waals surface area contributed by atoms with Crippen LogP contribution in [-0.4, -0.2) is 6.54 Å². The number of halogens is 3. The van der Waals surface area contributed by atoms with E-state index in [1.54, 1.807) is 6.07 Å². The molecule has 2 rings (SSSR count). The first-order valence-corrected chi connectivity index (χ1v) is 7.76. The third-order valence-electron chi connectivity index (χ3n) is 3.29. The summed E-state index contributed by atoms with van der Waals surface area (Å²) in [6.45, 7) is 4.68. The highest BCUT2D eigenvalue weighted by molar-refractivity contribution is 9.10. The number of hydrogen-bond acceptors (Lipinski definition) is 1. The molecular formula is C17H18BrF2N. The molecule has 0 saturated carbocycles. The van der Waals surface area contributed by atoms with Crippen molar-refractivity contribution in [3.05, 3.63) is 69.2 Å². The highest BCUT2D eigenvalue weighted by Crippen LogP contribution is 2.31.